The number of para-hydroxylation sites is 2. The third kappa shape index (κ3) is 2.79. The van der Waals surface area contributed by atoms with Crippen LogP contribution >= 0.6 is 0 Å². The summed E-state index contributed by atoms with van der Waals surface area (Å²) in [7, 11) is 0. The molecule has 7 heteroatoms. The number of aromatic nitrogens is 4. The Hall–Kier alpha value is -2.96. The van der Waals surface area contributed by atoms with Crippen LogP contribution in [-0.2, 0) is 0 Å². The van der Waals surface area contributed by atoms with Crippen LogP contribution in [0.4, 0.5) is 5.95 Å². The Morgan fingerprint density at radius 1 is 1.15 bits per heavy atom. The van der Waals surface area contributed by atoms with E-state index in [4.69, 9.17) is 0 Å². The first kappa shape index (κ1) is 16.5. The molecule has 3 aromatic rings. The Labute approximate surface area is 150 Å². The highest BCUT2D eigenvalue weighted by molar-refractivity contribution is 5.74. The van der Waals surface area contributed by atoms with Gasteiger partial charge in [0.15, 0.2) is 0 Å². The molecule has 2 aromatic heterocycles. The van der Waals surface area contributed by atoms with Crippen molar-refractivity contribution in [2.75, 3.05) is 11.4 Å². The van der Waals surface area contributed by atoms with Gasteiger partial charge in [0.1, 0.15) is 0 Å². The van der Waals surface area contributed by atoms with Crippen molar-refractivity contribution in [2.24, 2.45) is 0 Å². The number of hydrogen-bond donors (Lipinski definition) is 1. The molecule has 1 saturated heterocycles. The van der Waals surface area contributed by atoms with E-state index in [0.717, 1.165) is 30.5 Å². The van der Waals surface area contributed by atoms with Crippen LogP contribution in [0.2, 0.25) is 0 Å². The maximum absolute atomic E-state index is 12.6. The molecule has 1 aromatic carbocycles. The van der Waals surface area contributed by atoms with E-state index in [2.05, 4.69) is 26.8 Å². The minimum atomic E-state index is -0.569. The summed E-state index contributed by atoms with van der Waals surface area (Å²) in [5.41, 5.74) is 1.43. The molecule has 0 bridgehead atoms. The molecule has 1 aliphatic rings. The highest BCUT2D eigenvalue weighted by atomic mass is 16.2. The molecule has 1 aliphatic heterocycles. The van der Waals surface area contributed by atoms with E-state index in [1.807, 2.05) is 43.6 Å². The van der Waals surface area contributed by atoms with Crippen LogP contribution in [0.25, 0.3) is 11.0 Å². The number of hydrogen-bond acceptors (Lipinski definition) is 5. The van der Waals surface area contributed by atoms with Gasteiger partial charge in [0, 0.05) is 31.0 Å². The van der Waals surface area contributed by atoms with Gasteiger partial charge >= 0.3 is 11.1 Å². The lowest BCUT2D eigenvalue weighted by molar-refractivity contribution is 0.345. The fourth-order valence-corrected chi connectivity index (χ4v) is 3.76. The molecular formula is C19H21N5O2. The number of H-pyrrole nitrogens is 1. The van der Waals surface area contributed by atoms with Crippen molar-refractivity contribution in [2.45, 2.75) is 38.8 Å². The number of aromatic amines is 1. The second-order valence-electron chi connectivity index (χ2n) is 6.93. The van der Waals surface area contributed by atoms with Crippen LogP contribution in [0.5, 0.6) is 0 Å². The summed E-state index contributed by atoms with van der Waals surface area (Å²) in [6.07, 6.45) is 5.14. The number of rotatable bonds is 2. The van der Waals surface area contributed by atoms with Crippen molar-refractivity contribution in [1.29, 1.82) is 0 Å². The SMILES string of the molecule is Cc1cnc(N2CCC(n3c(=O)c(=O)[nH]c4ccccc43)CC2C)nc1. The minimum absolute atomic E-state index is 0.0219. The molecule has 134 valence electrons. The third-order valence-corrected chi connectivity index (χ3v) is 5.06. The van der Waals surface area contributed by atoms with Gasteiger partial charge < -0.3 is 9.88 Å². The molecular weight excluding hydrogens is 330 g/mol. The quantitative estimate of drug-likeness (QED) is 0.714. The van der Waals surface area contributed by atoms with E-state index in [0.29, 0.717) is 11.5 Å². The Kier molecular flexibility index (Phi) is 4.06. The van der Waals surface area contributed by atoms with E-state index in [9.17, 15) is 9.59 Å². The van der Waals surface area contributed by atoms with Gasteiger partial charge in [-0.1, -0.05) is 12.1 Å². The van der Waals surface area contributed by atoms with Crippen molar-refractivity contribution < 1.29 is 0 Å². The molecule has 1 fully saturated rings. The maximum atomic E-state index is 12.6. The lowest BCUT2D eigenvalue weighted by Gasteiger charge is -2.38. The smallest absolute Gasteiger partial charge is 0.316 e. The number of benzene rings is 1. The Balaban J connectivity index is 1.69. The van der Waals surface area contributed by atoms with E-state index < -0.39 is 11.1 Å². The second-order valence-corrected chi connectivity index (χ2v) is 6.93. The zero-order chi connectivity index (χ0) is 18.3. The van der Waals surface area contributed by atoms with Crippen LogP contribution in [0.15, 0.2) is 46.2 Å². The highest BCUT2D eigenvalue weighted by Gasteiger charge is 2.29. The number of fused-ring (bicyclic) bond motifs is 1. The zero-order valence-corrected chi connectivity index (χ0v) is 14.8. The van der Waals surface area contributed by atoms with Crippen LogP contribution in [-0.4, -0.2) is 32.1 Å². The molecule has 26 heavy (non-hydrogen) atoms. The van der Waals surface area contributed by atoms with Crippen LogP contribution in [0.3, 0.4) is 0 Å². The number of anilines is 1. The van der Waals surface area contributed by atoms with Gasteiger partial charge in [-0.2, -0.15) is 0 Å². The van der Waals surface area contributed by atoms with E-state index >= 15 is 0 Å². The van der Waals surface area contributed by atoms with E-state index in [-0.39, 0.29) is 12.1 Å². The summed E-state index contributed by atoms with van der Waals surface area (Å²) < 4.78 is 1.66. The van der Waals surface area contributed by atoms with Gasteiger partial charge in [-0.05, 0) is 44.4 Å². The van der Waals surface area contributed by atoms with Crippen molar-refractivity contribution in [1.82, 2.24) is 19.5 Å². The molecule has 2 unspecified atom stereocenters. The van der Waals surface area contributed by atoms with E-state index in [1.54, 1.807) is 4.57 Å². The first-order chi connectivity index (χ1) is 12.5. The Bertz CT molecular complexity index is 1050. The summed E-state index contributed by atoms with van der Waals surface area (Å²) in [4.78, 5) is 38.3. The van der Waals surface area contributed by atoms with Gasteiger partial charge in [-0.3, -0.25) is 14.2 Å². The van der Waals surface area contributed by atoms with Gasteiger partial charge in [-0.25, -0.2) is 9.97 Å². The van der Waals surface area contributed by atoms with Gasteiger partial charge in [0.05, 0.1) is 11.0 Å². The largest absolute Gasteiger partial charge is 0.338 e. The topological polar surface area (TPSA) is 83.9 Å². The third-order valence-electron chi connectivity index (χ3n) is 5.06. The van der Waals surface area contributed by atoms with Crippen molar-refractivity contribution >= 4 is 17.0 Å². The molecule has 0 spiro atoms. The Morgan fingerprint density at radius 2 is 1.88 bits per heavy atom. The Morgan fingerprint density at radius 3 is 2.62 bits per heavy atom. The number of piperidine rings is 1. The molecule has 3 heterocycles. The highest BCUT2D eigenvalue weighted by Crippen LogP contribution is 2.29. The molecule has 0 aliphatic carbocycles. The second kappa shape index (κ2) is 6.40. The van der Waals surface area contributed by atoms with Crippen molar-refractivity contribution in [3.05, 3.63) is 62.9 Å². The molecule has 0 radical (unpaired) electrons. The van der Waals surface area contributed by atoms with E-state index in [1.165, 1.54) is 0 Å². The predicted octanol–water partition coefficient (Wildman–Crippen LogP) is 2.02. The number of aryl methyl sites for hydroxylation is 1. The zero-order valence-electron chi connectivity index (χ0n) is 14.8. The summed E-state index contributed by atoms with van der Waals surface area (Å²) in [5.74, 6) is 0.713. The van der Waals surface area contributed by atoms with Crippen LogP contribution in [0.1, 0.15) is 31.4 Å². The molecule has 0 amide bonds. The average molecular weight is 351 g/mol. The molecule has 7 nitrogen and oxygen atoms in total. The summed E-state index contributed by atoms with van der Waals surface area (Å²) in [6.45, 7) is 4.81. The van der Waals surface area contributed by atoms with Crippen LogP contribution in [0, 0.1) is 6.92 Å². The lowest BCUT2D eigenvalue weighted by Crippen LogP contribution is -2.46. The monoisotopic (exact) mass is 351 g/mol. The van der Waals surface area contributed by atoms with Crippen molar-refractivity contribution in [3.8, 4) is 0 Å². The summed E-state index contributed by atoms with van der Waals surface area (Å²) in [6, 6.07) is 7.59. The van der Waals surface area contributed by atoms with Gasteiger partial charge in [-0.15, -0.1) is 0 Å². The molecule has 1 N–H and O–H groups in total. The fourth-order valence-electron chi connectivity index (χ4n) is 3.76. The fraction of sp³-hybridized carbons (Fsp3) is 0.368. The maximum Gasteiger partial charge on any atom is 0.316 e. The summed E-state index contributed by atoms with van der Waals surface area (Å²) in [5, 5.41) is 0. The van der Waals surface area contributed by atoms with Crippen LogP contribution < -0.4 is 16.0 Å². The standard InChI is InChI=1S/C19H21N5O2/c1-12-10-20-19(21-11-12)23-8-7-14(9-13(23)2)24-16-6-4-3-5-15(16)22-17(25)18(24)26/h3-6,10-11,13-14H,7-9H2,1-2H3,(H,22,25). The number of nitrogens with one attached hydrogen (secondary N) is 1. The number of nitrogens with zero attached hydrogens (tertiary/aromatic N) is 4. The molecule has 2 atom stereocenters. The van der Waals surface area contributed by atoms with Gasteiger partial charge in [0.2, 0.25) is 5.95 Å². The average Bonchev–Trinajstić information content (AvgIpc) is 2.64. The first-order valence-electron chi connectivity index (χ1n) is 8.83. The summed E-state index contributed by atoms with van der Waals surface area (Å²) >= 11 is 0. The molecule has 4 rings (SSSR count). The lowest BCUT2D eigenvalue weighted by atomic mass is 9.98. The normalized spacial score (nSPS) is 20.5. The van der Waals surface area contributed by atoms with Gasteiger partial charge in [0.25, 0.3) is 0 Å². The minimum Gasteiger partial charge on any atom is -0.338 e. The first-order valence-corrected chi connectivity index (χ1v) is 8.83. The van der Waals surface area contributed by atoms with Crippen molar-refractivity contribution in [3.63, 3.8) is 0 Å². The predicted molar refractivity (Wildman–Crippen MR) is 101 cm³/mol. The molecule has 0 saturated carbocycles.